The van der Waals surface area contributed by atoms with Crippen molar-refractivity contribution in [2.24, 2.45) is 5.92 Å². The molecule has 0 bridgehead atoms. The summed E-state index contributed by atoms with van der Waals surface area (Å²) in [5, 5.41) is 0.672. The van der Waals surface area contributed by atoms with Crippen LogP contribution in [-0.2, 0) is 0 Å². The number of benzene rings is 1. The van der Waals surface area contributed by atoms with Gasteiger partial charge in [-0.2, -0.15) is 0 Å². The van der Waals surface area contributed by atoms with Gasteiger partial charge in [0.2, 0.25) is 5.71 Å². The molecule has 2 N–H and O–H groups in total. The van der Waals surface area contributed by atoms with Crippen LogP contribution in [0.1, 0.15) is 32.3 Å². The zero-order valence-electron chi connectivity index (χ0n) is 14.7. The Morgan fingerprint density at radius 1 is 1.20 bits per heavy atom. The van der Waals surface area contributed by atoms with Crippen LogP contribution in [0.25, 0.3) is 22.4 Å². The normalized spacial score (nSPS) is 10.7. The second kappa shape index (κ2) is 7.27. The number of methoxy groups -OCH3 is 1. The van der Waals surface area contributed by atoms with Crippen molar-refractivity contribution in [3.05, 3.63) is 36.2 Å². The monoisotopic (exact) mass is 335 g/mol. The summed E-state index contributed by atoms with van der Waals surface area (Å²) < 4.78 is 11.2. The first-order valence-electron chi connectivity index (χ1n) is 8.26. The largest absolute Gasteiger partial charge is 0.497 e. The summed E-state index contributed by atoms with van der Waals surface area (Å²) in [6.07, 6.45) is 3.27. The molecule has 1 aromatic carbocycles. The van der Waals surface area contributed by atoms with Gasteiger partial charge in [0.1, 0.15) is 17.9 Å². The Hall–Kier alpha value is -3.00. The van der Waals surface area contributed by atoms with Gasteiger partial charge in [0.05, 0.1) is 18.1 Å². The van der Waals surface area contributed by atoms with Crippen molar-refractivity contribution in [1.82, 2.24) is 9.97 Å². The maximum atomic E-state index is 6.05. The highest BCUT2D eigenvalue weighted by Crippen LogP contribution is 2.34. The Bertz CT molecular complexity index is 931. The van der Waals surface area contributed by atoms with E-state index in [4.69, 9.17) is 14.9 Å². The van der Waals surface area contributed by atoms with Crippen molar-refractivity contribution in [3.63, 3.8) is 0 Å². The average Bonchev–Trinajstić information content (AvgIpc) is 2.98. The van der Waals surface area contributed by atoms with E-state index in [-0.39, 0.29) is 0 Å². The molecule has 25 heavy (non-hydrogen) atoms. The smallest absolute Gasteiger partial charge is 0.233 e. The molecule has 0 spiro atoms. The maximum absolute atomic E-state index is 6.05. The lowest BCUT2D eigenvalue weighted by molar-refractivity contribution is 0.415. The van der Waals surface area contributed by atoms with Crippen LogP contribution in [-0.4, -0.2) is 17.1 Å². The molecule has 3 rings (SSSR count). The molecular weight excluding hydrogens is 314 g/mol. The Labute approximate surface area is 147 Å². The topological polar surface area (TPSA) is 74.2 Å². The first-order chi connectivity index (χ1) is 12.1. The summed E-state index contributed by atoms with van der Waals surface area (Å²) >= 11 is 0. The lowest BCUT2D eigenvalue weighted by Crippen LogP contribution is -1.92. The molecule has 5 heteroatoms. The highest BCUT2D eigenvalue weighted by atomic mass is 16.5. The number of rotatable bonds is 4. The Morgan fingerprint density at radius 2 is 1.96 bits per heavy atom. The SMILES string of the molecule is COc1ccc(-c2oc3ncnc(N)c3c2C#CCCC(C)C)cc1. The summed E-state index contributed by atoms with van der Waals surface area (Å²) in [7, 11) is 1.64. The fourth-order valence-electron chi connectivity index (χ4n) is 2.53. The summed E-state index contributed by atoms with van der Waals surface area (Å²) in [5.74, 6) is 8.88. The van der Waals surface area contributed by atoms with E-state index in [9.17, 15) is 0 Å². The number of hydrogen-bond acceptors (Lipinski definition) is 5. The van der Waals surface area contributed by atoms with E-state index in [0.29, 0.717) is 28.6 Å². The van der Waals surface area contributed by atoms with Gasteiger partial charge in [-0.25, -0.2) is 9.97 Å². The van der Waals surface area contributed by atoms with Crippen LogP contribution in [0.3, 0.4) is 0 Å². The molecule has 2 heterocycles. The minimum atomic E-state index is 0.377. The number of ether oxygens (including phenoxy) is 1. The van der Waals surface area contributed by atoms with Gasteiger partial charge in [0.15, 0.2) is 5.76 Å². The lowest BCUT2D eigenvalue weighted by Gasteiger charge is -2.01. The standard InChI is InChI=1S/C20H21N3O2/c1-13(2)6-4-5-7-16-17-19(21)22-12-23-20(17)25-18(16)14-8-10-15(24-3)11-9-14/h8-13H,4,6H2,1-3H3,(H2,21,22,23). The van der Waals surface area contributed by atoms with E-state index in [2.05, 4.69) is 35.7 Å². The number of nitrogen functional groups attached to an aromatic ring is 1. The lowest BCUT2D eigenvalue weighted by atomic mass is 10.1. The van der Waals surface area contributed by atoms with Gasteiger partial charge in [0.25, 0.3) is 0 Å². The molecule has 0 saturated heterocycles. The predicted octanol–water partition coefficient (Wildman–Crippen LogP) is 4.27. The summed E-state index contributed by atoms with van der Waals surface area (Å²) in [5.41, 5.74) is 8.13. The van der Waals surface area contributed by atoms with Crippen LogP contribution in [0.5, 0.6) is 5.75 Å². The van der Waals surface area contributed by atoms with Crippen molar-refractivity contribution < 1.29 is 9.15 Å². The molecule has 0 radical (unpaired) electrons. The molecule has 0 aliphatic carbocycles. The molecule has 0 atom stereocenters. The fourth-order valence-corrected chi connectivity index (χ4v) is 2.53. The minimum absolute atomic E-state index is 0.377. The number of hydrogen-bond donors (Lipinski definition) is 1. The molecule has 0 unspecified atom stereocenters. The molecule has 0 aliphatic rings. The molecule has 3 aromatic rings. The second-order valence-electron chi connectivity index (χ2n) is 6.21. The Kier molecular flexibility index (Phi) is 4.90. The second-order valence-corrected chi connectivity index (χ2v) is 6.21. The van der Waals surface area contributed by atoms with Crippen molar-refractivity contribution in [3.8, 4) is 28.9 Å². The number of furan rings is 1. The summed E-state index contributed by atoms with van der Waals surface area (Å²) in [4.78, 5) is 8.27. The predicted molar refractivity (Wildman–Crippen MR) is 99.2 cm³/mol. The average molecular weight is 335 g/mol. The molecule has 128 valence electrons. The van der Waals surface area contributed by atoms with Crippen LogP contribution < -0.4 is 10.5 Å². The number of nitrogens with zero attached hydrogens (tertiary/aromatic N) is 2. The van der Waals surface area contributed by atoms with Gasteiger partial charge in [-0.3, -0.25) is 0 Å². The quantitative estimate of drug-likeness (QED) is 0.721. The third-order valence-corrected chi connectivity index (χ3v) is 3.93. The molecule has 0 aliphatic heterocycles. The van der Waals surface area contributed by atoms with Crippen LogP contribution in [0.4, 0.5) is 5.82 Å². The third-order valence-electron chi connectivity index (χ3n) is 3.93. The molecule has 0 saturated carbocycles. The van der Waals surface area contributed by atoms with E-state index in [0.717, 1.165) is 29.7 Å². The zero-order valence-corrected chi connectivity index (χ0v) is 14.7. The Morgan fingerprint density at radius 3 is 2.64 bits per heavy atom. The molecule has 5 nitrogen and oxygen atoms in total. The van der Waals surface area contributed by atoms with E-state index in [1.807, 2.05) is 24.3 Å². The molecule has 0 amide bonds. The number of aromatic nitrogens is 2. The van der Waals surface area contributed by atoms with Crippen LogP contribution in [0, 0.1) is 17.8 Å². The van der Waals surface area contributed by atoms with Crippen LogP contribution in [0.15, 0.2) is 35.0 Å². The van der Waals surface area contributed by atoms with Crippen molar-refractivity contribution in [2.45, 2.75) is 26.7 Å². The van der Waals surface area contributed by atoms with Crippen LogP contribution >= 0.6 is 0 Å². The van der Waals surface area contributed by atoms with Gasteiger partial charge < -0.3 is 14.9 Å². The third kappa shape index (κ3) is 3.58. The maximum Gasteiger partial charge on any atom is 0.233 e. The molecular formula is C20H21N3O2. The number of anilines is 1. The Balaban J connectivity index is 2.10. The minimum Gasteiger partial charge on any atom is -0.497 e. The van der Waals surface area contributed by atoms with E-state index in [1.165, 1.54) is 6.33 Å². The molecule has 2 aromatic heterocycles. The highest BCUT2D eigenvalue weighted by molar-refractivity contribution is 5.95. The number of nitrogens with two attached hydrogens (primary N) is 1. The van der Waals surface area contributed by atoms with Gasteiger partial charge in [-0.1, -0.05) is 25.7 Å². The number of fused-ring (bicyclic) bond motifs is 1. The van der Waals surface area contributed by atoms with Gasteiger partial charge >= 0.3 is 0 Å². The fraction of sp³-hybridized carbons (Fsp3) is 0.300. The summed E-state index contributed by atoms with van der Waals surface area (Å²) in [6, 6.07) is 7.62. The van der Waals surface area contributed by atoms with E-state index in [1.54, 1.807) is 7.11 Å². The van der Waals surface area contributed by atoms with Crippen molar-refractivity contribution in [2.75, 3.05) is 12.8 Å². The van der Waals surface area contributed by atoms with Crippen molar-refractivity contribution >= 4 is 16.9 Å². The molecule has 0 fully saturated rings. The first kappa shape index (κ1) is 16.8. The van der Waals surface area contributed by atoms with Crippen molar-refractivity contribution in [1.29, 1.82) is 0 Å². The first-order valence-corrected chi connectivity index (χ1v) is 8.26. The highest BCUT2D eigenvalue weighted by Gasteiger charge is 2.18. The van der Waals surface area contributed by atoms with Gasteiger partial charge in [-0.15, -0.1) is 0 Å². The van der Waals surface area contributed by atoms with E-state index < -0.39 is 0 Å². The van der Waals surface area contributed by atoms with Crippen LogP contribution in [0.2, 0.25) is 0 Å². The van der Waals surface area contributed by atoms with Gasteiger partial charge in [-0.05, 0) is 36.6 Å². The van der Waals surface area contributed by atoms with E-state index >= 15 is 0 Å². The zero-order chi connectivity index (χ0) is 17.8. The van der Waals surface area contributed by atoms with Gasteiger partial charge in [0, 0.05) is 12.0 Å². The summed E-state index contributed by atoms with van der Waals surface area (Å²) in [6.45, 7) is 4.37.